The van der Waals surface area contributed by atoms with Gasteiger partial charge in [-0.3, -0.25) is 4.79 Å². The van der Waals surface area contributed by atoms with Crippen LogP contribution in [-0.2, 0) is 23.0 Å². The summed E-state index contributed by atoms with van der Waals surface area (Å²) < 4.78 is 41.9. The fraction of sp³-hybridized carbons (Fsp3) is 0.261. The number of fused-ring (bicyclic) bond motifs is 1. The molecule has 1 amide bonds. The summed E-state index contributed by atoms with van der Waals surface area (Å²) in [6.07, 6.45) is 1.80. The van der Waals surface area contributed by atoms with Crippen LogP contribution in [0.3, 0.4) is 0 Å². The molecule has 0 atom stereocenters. The molecule has 3 rings (SSSR count). The first kappa shape index (κ1) is 26.5. The molecule has 0 aliphatic heterocycles. The van der Waals surface area contributed by atoms with Gasteiger partial charge in [-0.05, 0) is 60.9 Å². The molecular formula is C23H28ClFN4O3S. The van der Waals surface area contributed by atoms with E-state index in [9.17, 15) is 17.6 Å². The number of carbonyl (C=O) groups excluding carboxylic acids is 1. The normalized spacial score (nSPS) is 12.2. The summed E-state index contributed by atoms with van der Waals surface area (Å²) in [5.41, 5.74) is 14.7. The molecule has 1 heterocycles. The fourth-order valence-corrected chi connectivity index (χ4v) is 4.57. The fourth-order valence-electron chi connectivity index (χ4n) is 3.67. The highest BCUT2D eigenvalue weighted by molar-refractivity contribution is 7.89. The summed E-state index contributed by atoms with van der Waals surface area (Å²) in [6, 6.07) is 11.7. The summed E-state index contributed by atoms with van der Waals surface area (Å²) in [5, 5.41) is 0.796. The van der Waals surface area contributed by atoms with Gasteiger partial charge in [0.15, 0.2) is 0 Å². The lowest BCUT2D eigenvalue weighted by Crippen LogP contribution is -2.22. The van der Waals surface area contributed by atoms with Crippen LogP contribution in [0.1, 0.15) is 27.2 Å². The SMILES string of the molecule is Cc1c(Cc2ccc(S(=O)(=O)N(C)C)cc2)c2cc(C(N)=O)ccc2n1CC(F)=CCN.Cl. The summed E-state index contributed by atoms with van der Waals surface area (Å²) in [6.45, 7) is 2.01. The Morgan fingerprint density at radius 2 is 1.79 bits per heavy atom. The quantitative estimate of drug-likeness (QED) is 0.501. The molecule has 3 aromatic rings. The van der Waals surface area contributed by atoms with E-state index >= 15 is 0 Å². The summed E-state index contributed by atoms with van der Waals surface area (Å²) in [4.78, 5) is 11.9. The van der Waals surface area contributed by atoms with Crippen LogP contribution in [0.25, 0.3) is 10.9 Å². The molecule has 4 N–H and O–H groups in total. The Morgan fingerprint density at radius 1 is 1.15 bits per heavy atom. The minimum Gasteiger partial charge on any atom is -0.366 e. The van der Waals surface area contributed by atoms with Crippen LogP contribution in [0.15, 0.2) is 59.3 Å². The molecule has 0 unspecified atom stereocenters. The lowest BCUT2D eigenvalue weighted by atomic mass is 10.0. The van der Waals surface area contributed by atoms with Crippen LogP contribution in [0, 0.1) is 6.92 Å². The minimum absolute atomic E-state index is 0. The molecule has 10 heteroatoms. The number of sulfonamides is 1. The van der Waals surface area contributed by atoms with Gasteiger partial charge in [0.25, 0.3) is 0 Å². The highest BCUT2D eigenvalue weighted by Gasteiger charge is 2.19. The average molecular weight is 495 g/mol. The van der Waals surface area contributed by atoms with E-state index in [0.29, 0.717) is 12.0 Å². The second kappa shape index (κ2) is 10.5. The second-order valence-corrected chi connectivity index (χ2v) is 9.89. The van der Waals surface area contributed by atoms with E-state index in [2.05, 4.69) is 0 Å². The molecule has 2 aromatic carbocycles. The molecule has 0 aliphatic carbocycles. The van der Waals surface area contributed by atoms with Crippen LogP contribution >= 0.6 is 12.4 Å². The van der Waals surface area contributed by atoms with Crippen LogP contribution in [0.5, 0.6) is 0 Å². The van der Waals surface area contributed by atoms with Gasteiger partial charge in [-0.15, -0.1) is 12.4 Å². The summed E-state index contributed by atoms with van der Waals surface area (Å²) in [7, 11) is -0.555. The Bertz CT molecular complexity index is 1300. The zero-order valence-corrected chi connectivity index (χ0v) is 20.3. The highest BCUT2D eigenvalue weighted by atomic mass is 35.5. The molecule has 0 radical (unpaired) electrons. The highest BCUT2D eigenvalue weighted by Crippen LogP contribution is 2.30. The molecule has 178 valence electrons. The number of nitrogens with zero attached hydrogens (tertiary/aromatic N) is 2. The molecule has 33 heavy (non-hydrogen) atoms. The van der Waals surface area contributed by atoms with E-state index in [1.807, 2.05) is 11.5 Å². The van der Waals surface area contributed by atoms with Crippen LogP contribution in [-0.4, -0.2) is 43.8 Å². The van der Waals surface area contributed by atoms with Gasteiger partial charge in [-0.25, -0.2) is 17.1 Å². The van der Waals surface area contributed by atoms with E-state index in [4.69, 9.17) is 11.5 Å². The maximum atomic E-state index is 14.3. The number of primary amides is 1. The molecule has 0 saturated carbocycles. The van der Waals surface area contributed by atoms with Gasteiger partial charge in [0, 0.05) is 42.8 Å². The van der Waals surface area contributed by atoms with E-state index < -0.39 is 15.9 Å². The Balaban J connectivity index is 0.00000385. The monoisotopic (exact) mass is 494 g/mol. The van der Waals surface area contributed by atoms with Gasteiger partial charge in [-0.2, -0.15) is 0 Å². The number of hydrogen-bond acceptors (Lipinski definition) is 4. The van der Waals surface area contributed by atoms with Crippen LogP contribution < -0.4 is 11.5 Å². The van der Waals surface area contributed by atoms with Crippen LogP contribution in [0.2, 0.25) is 0 Å². The first-order valence-electron chi connectivity index (χ1n) is 10.0. The largest absolute Gasteiger partial charge is 0.366 e. The lowest BCUT2D eigenvalue weighted by molar-refractivity contribution is 0.100. The molecule has 0 saturated heterocycles. The molecule has 7 nitrogen and oxygen atoms in total. The van der Waals surface area contributed by atoms with E-state index in [-0.39, 0.29) is 36.2 Å². The maximum Gasteiger partial charge on any atom is 0.248 e. The Hall–Kier alpha value is -2.72. The zero-order chi connectivity index (χ0) is 23.6. The number of nitrogens with two attached hydrogens (primary N) is 2. The molecule has 0 bridgehead atoms. The zero-order valence-electron chi connectivity index (χ0n) is 18.7. The van der Waals surface area contributed by atoms with E-state index in [1.54, 1.807) is 42.5 Å². The smallest absolute Gasteiger partial charge is 0.248 e. The Labute approximate surface area is 199 Å². The van der Waals surface area contributed by atoms with Crippen molar-refractivity contribution in [2.24, 2.45) is 11.5 Å². The van der Waals surface area contributed by atoms with Crippen molar-refractivity contribution in [1.29, 1.82) is 0 Å². The molecule has 0 aliphatic rings. The van der Waals surface area contributed by atoms with Gasteiger partial charge in [0.2, 0.25) is 15.9 Å². The van der Waals surface area contributed by atoms with Gasteiger partial charge in [-0.1, -0.05) is 12.1 Å². The minimum atomic E-state index is -3.52. The van der Waals surface area contributed by atoms with Crippen molar-refractivity contribution in [2.45, 2.75) is 24.8 Å². The second-order valence-electron chi connectivity index (χ2n) is 7.74. The molecule has 1 aromatic heterocycles. The summed E-state index contributed by atoms with van der Waals surface area (Å²) in [5.74, 6) is -0.896. The average Bonchev–Trinajstić information content (AvgIpc) is 2.99. The van der Waals surface area contributed by atoms with Crippen molar-refractivity contribution in [3.05, 3.63) is 76.8 Å². The van der Waals surface area contributed by atoms with E-state index in [0.717, 1.165) is 32.0 Å². The molecule has 0 spiro atoms. The third-order valence-electron chi connectivity index (χ3n) is 5.47. The predicted molar refractivity (Wildman–Crippen MR) is 131 cm³/mol. The maximum absolute atomic E-state index is 14.3. The van der Waals surface area contributed by atoms with Crippen LogP contribution in [0.4, 0.5) is 4.39 Å². The Morgan fingerprint density at radius 3 is 2.33 bits per heavy atom. The van der Waals surface area contributed by atoms with Crippen molar-refractivity contribution in [1.82, 2.24) is 8.87 Å². The van der Waals surface area contributed by atoms with Crippen molar-refractivity contribution in [3.63, 3.8) is 0 Å². The predicted octanol–water partition coefficient (Wildman–Crippen LogP) is 3.12. The standard InChI is InChI=1S/C23H27FN4O3S.ClH/c1-15-20(12-16-4-7-19(8-5-16)32(30,31)27(2)3)21-13-17(23(26)29)6-9-22(21)28(15)14-18(24)10-11-25;/h4-10,13H,11-12,14,25H2,1-3H3,(H2,26,29);1H. The number of hydrogen-bond donors (Lipinski definition) is 2. The number of carbonyl (C=O) groups is 1. The van der Waals surface area contributed by atoms with Gasteiger partial charge < -0.3 is 16.0 Å². The van der Waals surface area contributed by atoms with Crippen molar-refractivity contribution in [2.75, 3.05) is 20.6 Å². The third kappa shape index (κ3) is 5.44. The number of allylic oxidation sites excluding steroid dienone is 1. The summed E-state index contributed by atoms with van der Waals surface area (Å²) >= 11 is 0. The number of halogens is 2. The van der Waals surface area contributed by atoms with E-state index in [1.165, 1.54) is 20.2 Å². The number of rotatable bonds is 8. The van der Waals surface area contributed by atoms with Gasteiger partial charge in [0.05, 0.1) is 11.4 Å². The molecular weight excluding hydrogens is 467 g/mol. The first-order valence-corrected chi connectivity index (χ1v) is 11.5. The number of benzene rings is 2. The topological polar surface area (TPSA) is 111 Å². The Kier molecular flexibility index (Phi) is 8.42. The van der Waals surface area contributed by atoms with Gasteiger partial charge >= 0.3 is 0 Å². The number of amides is 1. The van der Waals surface area contributed by atoms with Crippen molar-refractivity contribution in [3.8, 4) is 0 Å². The number of aromatic nitrogens is 1. The lowest BCUT2D eigenvalue weighted by Gasteiger charge is -2.12. The third-order valence-corrected chi connectivity index (χ3v) is 7.30. The van der Waals surface area contributed by atoms with Crippen molar-refractivity contribution >= 4 is 39.2 Å². The molecule has 0 fully saturated rings. The first-order chi connectivity index (χ1) is 15.1. The van der Waals surface area contributed by atoms with Gasteiger partial charge in [0.1, 0.15) is 5.83 Å². The van der Waals surface area contributed by atoms with Crippen molar-refractivity contribution < 1.29 is 17.6 Å².